The second-order valence-electron chi connectivity index (χ2n) is 5.74. The lowest BCUT2D eigenvalue weighted by Crippen LogP contribution is -2.30. The van der Waals surface area contributed by atoms with E-state index in [0.29, 0.717) is 6.61 Å². The van der Waals surface area contributed by atoms with Crippen LogP contribution in [0, 0.1) is 5.41 Å². The van der Waals surface area contributed by atoms with Crippen molar-refractivity contribution in [1.82, 2.24) is 4.90 Å². The topological polar surface area (TPSA) is 29.5 Å². The Kier molecular flexibility index (Phi) is 9.08. The van der Waals surface area contributed by atoms with E-state index in [9.17, 15) is 4.79 Å². The number of unbranched alkanes of at least 4 members (excludes halogenated alkanes) is 3. The highest BCUT2D eigenvalue weighted by atomic mass is 16.5. The lowest BCUT2D eigenvalue weighted by molar-refractivity contribution is -0.154. The maximum absolute atomic E-state index is 11.7. The van der Waals surface area contributed by atoms with Crippen molar-refractivity contribution in [3.63, 3.8) is 0 Å². The van der Waals surface area contributed by atoms with E-state index >= 15 is 0 Å². The third-order valence-electron chi connectivity index (χ3n) is 3.54. The first-order chi connectivity index (χ1) is 8.44. The van der Waals surface area contributed by atoms with Gasteiger partial charge in [-0.25, -0.2) is 0 Å². The molecule has 0 saturated heterocycles. The Morgan fingerprint density at radius 3 is 2.33 bits per heavy atom. The van der Waals surface area contributed by atoms with Crippen molar-refractivity contribution in [2.45, 2.75) is 59.8 Å². The number of esters is 1. The van der Waals surface area contributed by atoms with Gasteiger partial charge in [0, 0.05) is 6.54 Å². The Balaban J connectivity index is 3.62. The number of rotatable bonds is 10. The van der Waals surface area contributed by atoms with E-state index in [1.807, 2.05) is 20.8 Å². The van der Waals surface area contributed by atoms with Crippen molar-refractivity contribution in [2.24, 2.45) is 5.41 Å². The molecule has 0 aromatic rings. The standard InChI is InChI=1S/C15H31NO2/c1-6-8-9-10-11-16(5)12-13-18-14(17)15(3,4)7-2/h6-13H2,1-5H3. The summed E-state index contributed by atoms with van der Waals surface area (Å²) in [5.74, 6) is -0.0793. The molecule has 3 nitrogen and oxygen atoms in total. The Labute approximate surface area is 113 Å². The van der Waals surface area contributed by atoms with Crippen LogP contribution in [0.5, 0.6) is 0 Å². The summed E-state index contributed by atoms with van der Waals surface area (Å²) in [5.41, 5.74) is -0.348. The molecule has 18 heavy (non-hydrogen) atoms. The van der Waals surface area contributed by atoms with Gasteiger partial charge in [-0.05, 0) is 40.3 Å². The van der Waals surface area contributed by atoms with E-state index in [-0.39, 0.29) is 11.4 Å². The number of likely N-dealkylation sites (N-methyl/N-ethyl adjacent to an activating group) is 1. The zero-order valence-electron chi connectivity index (χ0n) is 12.9. The van der Waals surface area contributed by atoms with Crippen molar-refractivity contribution >= 4 is 5.97 Å². The van der Waals surface area contributed by atoms with Gasteiger partial charge in [0.15, 0.2) is 0 Å². The van der Waals surface area contributed by atoms with Crippen LogP contribution in [0.15, 0.2) is 0 Å². The van der Waals surface area contributed by atoms with Crippen LogP contribution in [0.1, 0.15) is 59.8 Å². The zero-order valence-corrected chi connectivity index (χ0v) is 12.9. The summed E-state index contributed by atoms with van der Waals surface area (Å²) in [6.45, 7) is 10.5. The van der Waals surface area contributed by atoms with Gasteiger partial charge in [0.1, 0.15) is 6.61 Å². The van der Waals surface area contributed by atoms with E-state index in [2.05, 4.69) is 18.9 Å². The van der Waals surface area contributed by atoms with Gasteiger partial charge in [0.2, 0.25) is 0 Å². The van der Waals surface area contributed by atoms with Crippen molar-refractivity contribution < 1.29 is 9.53 Å². The molecule has 0 aromatic carbocycles. The molecule has 0 amide bonds. The van der Waals surface area contributed by atoms with Gasteiger partial charge in [0.05, 0.1) is 5.41 Å². The van der Waals surface area contributed by atoms with Crippen LogP contribution in [0.2, 0.25) is 0 Å². The molecule has 108 valence electrons. The average molecular weight is 257 g/mol. The number of ether oxygens (including phenoxy) is 1. The van der Waals surface area contributed by atoms with Crippen LogP contribution in [-0.4, -0.2) is 37.6 Å². The molecule has 0 radical (unpaired) electrons. The first kappa shape index (κ1) is 17.4. The van der Waals surface area contributed by atoms with Crippen LogP contribution >= 0.6 is 0 Å². The summed E-state index contributed by atoms with van der Waals surface area (Å²) in [5, 5.41) is 0. The maximum atomic E-state index is 11.7. The molecule has 0 rings (SSSR count). The molecular weight excluding hydrogens is 226 g/mol. The van der Waals surface area contributed by atoms with Gasteiger partial charge in [-0.15, -0.1) is 0 Å². The molecule has 0 aliphatic rings. The fraction of sp³-hybridized carbons (Fsp3) is 0.933. The number of carbonyl (C=O) groups excluding carboxylic acids is 1. The number of carbonyl (C=O) groups is 1. The average Bonchev–Trinajstić information content (AvgIpc) is 2.34. The smallest absolute Gasteiger partial charge is 0.311 e. The van der Waals surface area contributed by atoms with Crippen LogP contribution in [-0.2, 0) is 9.53 Å². The van der Waals surface area contributed by atoms with Crippen molar-refractivity contribution in [3.8, 4) is 0 Å². The molecule has 0 fully saturated rings. The van der Waals surface area contributed by atoms with Crippen LogP contribution in [0.4, 0.5) is 0 Å². The first-order valence-corrected chi connectivity index (χ1v) is 7.29. The molecule has 0 bridgehead atoms. The van der Waals surface area contributed by atoms with E-state index in [4.69, 9.17) is 4.74 Å². The molecule has 0 N–H and O–H groups in total. The second-order valence-corrected chi connectivity index (χ2v) is 5.74. The largest absolute Gasteiger partial charge is 0.464 e. The highest BCUT2D eigenvalue weighted by molar-refractivity contribution is 5.75. The first-order valence-electron chi connectivity index (χ1n) is 7.29. The summed E-state index contributed by atoms with van der Waals surface area (Å²) in [6, 6.07) is 0. The molecule has 0 heterocycles. The molecule has 0 aliphatic carbocycles. The number of hydrogen-bond acceptors (Lipinski definition) is 3. The SMILES string of the molecule is CCCCCCN(C)CCOC(=O)C(C)(C)CC. The van der Waals surface area contributed by atoms with Gasteiger partial charge in [-0.1, -0.05) is 33.1 Å². The summed E-state index contributed by atoms with van der Waals surface area (Å²) < 4.78 is 5.32. The molecule has 0 saturated carbocycles. The Morgan fingerprint density at radius 1 is 1.11 bits per heavy atom. The van der Waals surface area contributed by atoms with Gasteiger partial charge in [-0.2, -0.15) is 0 Å². The van der Waals surface area contributed by atoms with E-state index in [1.54, 1.807) is 0 Å². The van der Waals surface area contributed by atoms with Crippen molar-refractivity contribution in [1.29, 1.82) is 0 Å². The van der Waals surface area contributed by atoms with Crippen LogP contribution in [0.3, 0.4) is 0 Å². The van der Waals surface area contributed by atoms with E-state index in [0.717, 1.165) is 19.5 Å². The Bertz CT molecular complexity index is 227. The third kappa shape index (κ3) is 7.70. The minimum absolute atomic E-state index is 0.0793. The Hall–Kier alpha value is -0.570. The normalized spacial score (nSPS) is 11.9. The molecule has 3 heteroatoms. The third-order valence-corrected chi connectivity index (χ3v) is 3.54. The quantitative estimate of drug-likeness (QED) is 0.443. The fourth-order valence-corrected chi connectivity index (χ4v) is 1.55. The molecule has 0 aromatic heterocycles. The zero-order chi connectivity index (χ0) is 14.0. The minimum atomic E-state index is -0.348. The van der Waals surface area contributed by atoms with Gasteiger partial charge in [-0.3, -0.25) is 4.79 Å². The molecule has 0 spiro atoms. The second kappa shape index (κ2) is 9.37. The van der Waals surface area contributed by atoms with Crippen molar-refractivity contribution in [2.75, 3.05) is 26.7 Å². The highest BCUT2D eigenvalue weighted by Crippen LogP contribution is 2.21. The fourth-order valence-electron chi connectivity index (χ4n) is 1.55. The van der Waals surface area contributed by atoms with Crippen molar-refractivity contribution in [3.05, 3.63) is 0 Å². The summed E-state index contributed by atoms with van der Waals surface area (Å²) >= 11 is 0. The number of hydrogen-bond donors (Lipinski definition) is 0. The lowest BCUT2D eigenvalue weighted by atomic mass is 9.91. The van der Waals surface area contributed by atoms with Crippen LogP contribution in [0.25, 0.3) is 0 Å². The van der Waals surface area contributed by atoms with E-state index in [1.165, 1.54) is 25.7 Å². The van der Waals surface area contributed by atoms with Gasteiger partial charge >= 0.3 is 5.97 Å². The van der Waals surface area contributed by atoms with Crippen LogP contribution < -0.4 is 0 Å². The molecule has 0 aliphatic heterocycles. The highest BCUT2D eigenvalue weighted by Gasteiger charge is 2.26. The predicted molar refractivity (Wildman–Crippen MR) is 76.7 cm³/mol. The summed E-state index contributed by atoms with van der Waals surface area (Å²) in [6.07, 6.45) is 5.93. The monoisotopic (exact) mass is 257 g/mol. The molecule has 0 atom stereocenters. The summed E-state index contributed by atoms with van der Waals surface area (Å²) in [4.78, 5) is 14.0. The van der Waals surface area contributed by atoms with Gasteiger partial charge in [0.25, 0.3) is 0 Å². The Morgan fingerprint density at radius 2 is 1.78 bits per heavy atom. The predicted octanol–water partition coefficient (Wildman–Crippen LogP) is 3.48. The molecular formula is C15H31NO2. The van der Waals surface area contributed by atoms with E-state index < -0.39 is 0 Å². The lowest BCUT2D eigenvalue weighted by Gasteiger charge is -2.22. The molecule has 0 unspecified atom stereocenters. The maximum Gasteiger partial charge on any atom is 0.311 e. The number of nitrogens with zero attached hydrogens (tertiary/aromatic N) is 1. The minimum Gasteiger partial charge on any atom is -0.464 e. The summed E-state index contributed by atoms with van der Waals surface area (Å²) in [7, 11) is 2.09. The van der Waals surface area contributed by atoms with Gasteiger partial charge < -0.3 is 9.64 Å².